The van der Waals surface area contributed by atoms with Crippen molar-refractivity contribution < 1.29 is 4.74 Å². The van der Waals surface area contributed by atoms with E-state index in [1.807, 2.05) is 6.07 Å². The maximum Gasteiger partial charge on any atom is 0.0771 e. The van der Waals surface area contributed by atoms with Crippen LogP contribution in [0, 0.1) is 5.92 Å². The van der Waals surface area contributed by atoms with E-state index in [1.54, 1.807) is 0 Å². The first-order valence-corrected chi connectivity index (χ1v) is 7.88. The van der Waals surface area contributed by atoms with E-state index >= 15 is 0 Å². The van der Waals surface area contributed by atoms with Crippen molar-refractivity contribution in [2.24, 2.45) is 5.92 Å². The Balaban J connectivity index is 1.52. The molecule has 18 heavy (non-hydrogen) atoms. The molecule has 0 amide bonds. The number of fused-ring (bicyclic) bond motifs is 1. The lowest BCUT2D eigenvalue weighted by atomic mass is 9.84. The van der Waals surface area contributed by atoms with Crippen LogP contribution in [-0.2, 0) is 11.3 Å². The molecule has 3 rings (SSSR count). The molecular weight excluding hydrogens is 339 g/mol. The van der Waals surface area contributed by atoms with Crippen LogP contribution >= 0.6 is 22.6 Å². The van der Waals surface area contributed by atoms with Gasteiger partial charge in [0, 0.05) is 12.0 Å². The van der Waals surface area contributed by atoms with Crippen LogP contribution in [-0.4, -0.2) is 16.2 Å². The predicted octanol–water partition coefficient (Wildman–Crippen LogP) is 2.61. The predicted molar refractivity (Wildman–Crippen MR) is 80.2 cm³/mol. The Hall–Kier alpha value is -0.170. The maximum absolute atomic E-state index is 6.07. The molecular formula is C14H19IN2O. The van der Waals surface area contributed by atoms with Gasteiger partial charge < -0.3 is 4.74 Å². The van der Waals surface area contributed by atoms with Gasteiger partial charge in [-0.2, -0.15) is 0 Å². The zero-order valence-electron chi connectivity index (χ0n) is 10.3. The summed E-state index contributed by atoms with van der Waals surface area (Å²) in [6.45, 7) is 0.746. The van der Waals surface area contributed by atoms with E-state index < -0.39 is 0 Å². The number of hydrogen-bond donors (Lipinski definition) is 2. The van der Waals surface area contributed by atoms with Crippen LogP contribution in [0.1, 0.15) is 24.8 Å². The van der Waals surface area contributed by atoms with Crippen LogP contribution in [0.4, 0.5) is 0 Å². The lowest BCUT2D eigenvalue weighted by Crippen LogP contribution is -2.37. The van der Waals surface area contributed by atoms with Crippen LogP contribution < -0.4 is 10.9 Å². The maximum atomic E-state index is 6.07. The summed E-state index contributed by atoms with van der Waals surface area (Å²) in [5, 5.41) is 0. The van der Waals surface area contributed by atoms with Crippen molar-refractivity contribution in [2.45, 2.75) is 42.1 Å². The number of alkyl halides is 1. The van der Waals surface area contributed by atoms with Gasteiger partial charge in [-0.1, -0.05) is 52.9 Å². The van der Waals surface area contributed by atoms with Gasteiger partial charge in [-0.3, -0.25) is 5.43 Å². The van der Waals surface area contributed by atoms with Gasteiger partial charge in [0.05, 0.1) is 16.8 Å². The molecule has 4 atom stereocenters. The zero-order chi connectivity index (χ0) is 12.4. The molecule has 2 aliphatic rings. The minimum Gasteiger partial charge on any atom is -0.374 e. The fourth-order valence-corrected chi connectivity index (χ4v) is 3.88. The number of ether oxygens (including phenoxy) is 1. The number of rotatable bonds is 3. The molecule has 98 valence electrons. The number of halogens is 1. The van der Waals surface area contributed by atoms with Crippen LogP contribution in [0.3, 0.4) is 0 Å². The zero-order valence-corrected chi connectivity index (χ0v) is 12.5. The van der Waals surface area contributed by atoms with Crippen LogP contribution in [0.15, 0.2) is 30.3 Å². The summed E-state index contributed by atoms with van der Waals surface area (Å²) < 4.78 is 6.60. The highest BCUT2D eigenvalue weighted by molar-refractivity contribution is 14.1. The third kappa shape index (κ3) is 2.87. The summed E-state index contributed by atoms with van der Waals surface area (Å²) in [5.74, 6) is 0.708. The molecule has 1 saturated carbocycles. The quantitative estimate of drug-likeness (QED) is 0.495. The standard InChI is InChI=1S/C14H19IN2O/c15-14-12-8-11(6-7-13(12)16-17-14)18-9-10-4-2-1-3-5-10/h1-5,11-14,16-17H,6-9H2. The third-order valence-electron chi connectivity index (χ3n) is 3.96. The van der Waals surface area contributed by atoms with Gasteiger partial charge in [-0.25, -0.2) is 5.43 Å². The van der Waals surface area contributed by atoms with E-state index in [1.165, 1.54) is 24.8 Å². The summed E-state index contributed by atoms with van der Waals surface area (Å²) in [7, 11) is 0. The second kappa shape index (κ2) is 5.86. The second-order valence-corrected chi connectivity index (χ2v) is 6.53. The molecule has 1 aromatic rings. The van der Waals surface area contributed by atoms with Gasteiger partial charge in [0.2, 0.25) is 0 Å². The van der Waals surface area contributed by atoms with E-state index in [0.29, 0.717) is 22.1 Å². The van der Waals surface area contributed by atoms with E-state index in [4.69, 9.17) is 4.74 Å². The van der Waals surface area contributed by atoms with E-state index in [-0.39, 0.29) is 0 Å². The third-order valence-corrected chi connectivity index (χ3v) is 5.20. The van der Waals surface area contributed by atoms with Gasteiger partial charge in [0.25, 0.3) is 0 Å². The molecule has 3 nitrogen and oxygen atoms in total. The molecule has 4 heteroatoms. The number of nitrogens with one attached hydrogen (secondary N) is 2. The average molecular weight is 358 g/mol. The van der Waals surface area contributed by atoms with E-state index in [2.05, 4.69) is 57.7 Å². The summed E-state index contributed by atoms with van der Waals surface area (Å²) in [5.41, 5.74) is 8.00. The molecule has 4 unspecified atom stereocenters. The minimum absolute atomic E-state index is 0.422. The Bertz CT molecular complexity index is 387. The fourth-order valence-electron chi connectivity index (χ4n) is 2.90. The Labute approximate surface area is 122 Å². The normalized spacial score (nSPS) is 35.4. The first kappa shape index (κ1) is 12.8. The number of benzene rings is 1. The molecule has 1 heterocycles. The molecule has 1 aliphatic heterocycles. The minimum atomic E-state index is 0.422. The SMILES string of the molecule is IC1NNC2CCC(OCc3ccccc3)CC12. The molecule has 0 aromatic heterocycles. The highest BCUT2D eigenvalue weighted by Crippen LogP contribution is 2.34. The fraction of sp³-hybridized carbons (Fsp3) is 0.571. The van der Waals surface area contributed by atoms with Gasteiger partial charge in [-0.05, 0) is 24.8 Å². The Morgan fingerprint density at radius 1 is 1.17 bits per heavy atom. The van der Waals surface area contributed by atoms with E-state index in [0.717, 1.165) is 6.61 Å². The molecule has 1 saturated heterocycles. The van der Waals surface area contributed by atoms with Gasteiger partial charge >= 0.3 is 0 Å². The summed E-state index contributed by atoms with van der Waals surface area (Å²) in [4.78, 5) is 0. The molecule has 0 spiro atoms. The van der Waals surface area contributed by atoms with Crippen molar-refractivity contribution in [3.63, 3.8) is 0 Å². The van der Waals surface area contributed by atoms with Crippen LogP contribution in [0.2, 0.25) is 0 Å². The van der Waals surface area contributed by atoms with Crippen molar-refractivity contribution in [1.29, 1.82) is 0 Å². The van der Waals surface area contributed by atoms with Crippen molar-refractivity contribution in [3.8, 4) is 0 Å². The van der Waals surface area contributed by atoms with Crippen LogP contribution in [0.5, 0.6) is 0 Å². The lowest BCUT2D eigenvalue weighted by molar-refractivity contribution is 0.000640. The summed E-state index contributed by atoms with van der Waals surface area (Å²) >= 11 is 2.49. The molecule has 2 N–H and O–H groups in total. The molecule has 0 bridgehead atoms. The first-order valence-electron chi connectivity index (χ1n) is 6.63. The molecule has 1 aromatic carbocycles. The largest absolute Gasteiger partial charge is 0.374 e. The first-order chi connectivity index (χ1) is 8.83. The number of hydrogen-bond acceptors (Lipinski definition) is 3. The molecule has 2 fully saturated rings. The highest BCUT2D eigenvalue weighted by Gasteiger charge is 2.39. The molecule has 1 aliphatic carbocycles. The molecule has 0 radical (unpaired) electrons. The van der Waals surface area contributed by atoms with Crippen molar-refractivity contribution in [3.05, 3.63) is 35.9 Å². The average Bonchev–Trinajstić information content (AvgIpc) is 2.79. The van der Waals surface area contributed by atoms with Gasteiger partial charge in [0.1, 0.15) is 0 Å². The van der Waals surface area contributed by atoms with Crippen molar-refractivity contribution in [1.82, 2.24) is 10.9 Å². The van der Waals surface area contributed by atoms with Crippen LogP contribution in [0.25, 0.3) is 0 Å². The Morgan fingerprint density at radius 3 is 2.83 bits per heavy atom. The summed E-state index contributed by atoms with van der Waals surface area (Å²) in [6, 6.07) is 11.1. The highest BCUT2D eigenvalue weighted by atomic mass is 127. The summed E-state index contributed by atoms with van der Waals surface area (Å²) in [6.07, 6.45) is 3.98. The monoisotopic (exact) mass is 358 g/mol. The number of hydrazine groups is 1. The topological polar surface area (TPSA) is 33.3 Å². The van der Waals surface area contributed by atoms with Crippen molar-refractivity contribution in [2.75, 3.05) is 0 Å². The Kier molecular flexibility index (Phi) is 4.18. The van der Waals surface area contributed by atoms with Crippen molar-refractivity contribution >= 4 is 22.6 Å². The lowest BCUT2D eigenvalue weighted by Gasteiger charge is -2.31. The smallest absolute Gasteiger partial charge is 0.0771 e. The van der Waals surface area contributed by atoms with Gasteiger partial charge in [0.15, 0.2) is 0 Å². The Morgan fingerprint density at radius 2 is 2.00 bits per heavy atom. The van der Waals surface area contributed by atoms with Gasteiger partial charge in [-0.15, -0.1) is 0 Å². The second-order valence-electron chi connectivity index (χ2n) is 5.19. The van der Waals surface area contributed by atoms with E-state index in [9.17, 15) is 0 Å².